The zero-order valence-corrected chi connectivity index (χ0v) is 15.9. The Morgan fingerprint density at radius 3 is 2.43 bits per heavy atom. The number of carbonyl (C=O) groups excluding carboxylic acids is 2. The quantitative estimate of drug-likeness (QED) is 0.740. The summed E-state index contributed by atoms with van der Waals surface area (Å²) in [5.74, 6) is -0.889. The molecule has 0 aromatic heterocycles. The van der Waals surface area contributed by atoms with E-state index in [1.54, 1.807) is 6.92 Å². The number of hydrogen-bond donors (Lipinski definition) is 0. The zero-order valence-electron chi connectivity index (χ0n) is 15.9. The fourth-order valence-corrected chi connectivity index (χ4v) is 4.85. The third kappa shape index (κ3) is 2.76. The molecule has 2 heterocycles. The summed E-state index contributed by atoms with van der Waals surface area (Å²) in [7, 11) is 0. The molecule has 0 unspecified atom stereocenters. The summed E-state index contributed by atoms with van der Waals surface area (Å²) in [6.07, 6.45) is 0.380. The molecule has 3 atom stereocenters. The Balaban J connectivity index is 1.85. The number of esters is 1. The second kappa shape index (κ2) is 7.13. The van der Waals surface area contributed by atoms with Crippen molar-refractivity contribution in [3.63, 3.8) is 0 Å². The molecule has 2 aliphatic rings. The summed E-state index contributed by atoms with van der Waals surface area (Å²) < 4.78 is 21.3. The summed E-state index contributed by atoms with van der Waals surface area (Å²) in [5.41, 5.74) is -1.63. The largest absolute Gasteiger partial charge is 0.464 e. The van der Waals surface area contributed by atoms with Crippen molar-refractivity contribution in [2.75, 3.05) is 6.61 Å². The number of hydrogen-bond acceptors (Lipinski definition) is 4. The molecule has 2 aromatic carbocycles. The Hall–Kier alpha value is -2.53. The summed E-state index contributed by atoms with van der Waals surface area (Å²) in [6.45, 7) is 2.18. The standard InChI is InChI=1S/C23H24FNO3/c1-2-28-21(27)22(24)16-23(18-11-7-4-8-12-18)20(26)14-13-19(22)25(23)15-17-9-5-3-6-10-17/h3-12,19H,2,13-16H2,1H3/t19-,22-,23+/m0/s1. The molecule has 4 nitrogen and oxygen atoms in total. The molecular weight excluding hydrogens is 357 g/mol. The molecule has 0 amide bonds. The second-order valence-corrected chi connectivity index (χ2v) is 7.58. The molecule has 2 fully saturated rings. The minimum atomic E-state index is -2.20. The predicted octanol–water partition coefficient (Wildman–Crippen LogP) is 3.79. The predicted molar refractivity (Wildman–Crippen MR) is 103 cm³/mol. The maximum atomic E-state index is 16.2. The van der Waals surface area contributed by atoms with Crippen molar-refractivity contribution in [1.29, 1.82) is 0 Å². The van der Waals surface area contributed by atoms with Gasteiger partial charge in [0, 0.05) is 19.4 Å². The number of alkyl halides is 1. The first-order valence-corrected chi connectivity index (χ1v) is 9.78. The van der Waals surface area contributed by atoms with Crippen LogP contribution in [0, 0.1) is 0 Å². The lowest BCUT2D eigenvalue weighted by atomic mass is 9.79. The minimum Gasteiger partial charge on any atom is -0.464 e. The van der Waals surface area contributed by atoms with Gasteiger partial charge >= 0.3 is 5.97 Å². The number of ether oxygens (including phenoxy) is 1. The first-order valence-electron chi connectivity index (χ1n) is 9.78. The van der Waals surface area contributed by atoms with E-state index < -0.39 is 23.2 Å². The highest BCUT2D eigenvalue weighted by molar-refractivity contribution is 5.95. The van der Waals surface area contributed by atoms with Gasteiger partial charge in [-0.1, -0.05) is 60.7 Å². The molecule has 2 aromatic rings. The number of nitrogens with zero attached hydrogens (tertiary/aromatic N) is 1. The van der Waals surface area contributed by atoms with E-state index >= 15 is 4.39 Å². The van der Waals surface area contributed by atoms with Crippen molar-refractivity contribution in [3.8, 4) is 0 Å². The van der Waals surface area contributed by atoms with Gasteiger partial charge in [0.2, 0.25) is 5.67 Å². The smallest absolute Gasteiger partial charge is 0.345 e. The van der Waals surface area contributed by atoms with Crippen LogP contribution in [0.25, 0.3) is 0 Å². The van der Waals surface area contributed by atoms with Gasteiger partial charge in [0.1, 0.15) is 5.54 Å². The molecule has 2 saturated heterocycles. The van der Waals surface area contributed by atoms with Gasteiger partial charge in [-0.3, -0.25) is 9.69 Å². The Morgan fingerprint density at radius 2 is 1.79 bits per heavy atom. The maximum absolute atomic E-state index is 16.2. The van der Waals surface area contributed by atoms with Crippen LogP contribution >= 0.6 is 0 Å². The fraction of sp³-hybridized carbons (Fsp3) is 0.391. The van der Waals surface area contributed by atoms with E-state index in [0.717, 1.165) is 11.1 Å². The van der Waals surface area contributed by atoms with Crippen molar-refractivity contribution < 1.29 is 18.7 Å². The normalized spacial score (nSPS) is 29.6. The maximum Gasteiger partial charge on any atom is 0.345 e. The Labute approximate surface area is 164 Å². The highest BCUT2D eigenvalue weighted by Crippen LogP contribution is 2.55. The van der Waals surface area contributed by atoms with Crippen molar-refractivity contribution in [2.45, 2.75) is 50.0 Å². The van der Waals surface area contributed by atoms with Gasteiger partial charge in [-0.05, 0) is 24.5 Å². The summed E-state index contributed by atoms with van der Waals surface area (Å²) >= 11 is 0. The number of carbonyl (C=O) groups is 2. The van der Waals surface area contributed by atoms with Gasteiger partial charge in [-0.15, -0.1) is 0 Å². The second-order valence-electron chi connectivity index (χ2n) is 7.58. The number of Topliss-reactive ketones (excluding diaryl/α,β-unsaturated/α-hetero) is 1. The van der Waals surface area contributed by atoms with Crippen LogP contribution < -0.4 is 0 Å². The number of fused-ring (bicyclic) bond motifs is 2. The van der Waals surface area contributed by atoms with E-state index in [4.69, 9.17) is 4.74 Å². The van der Waals surface area contributed by atoms with E-state index in [0.29, 0.717) is 13.0 Å². The van der Waals surface area contributed by atoms with Crippen LogP contribution in [0.1, 0.15) is 37.3 Å². The lowest BCUT2D eigenvalue weighted by molar-refractivity contribution is -0.159. The van der Waals surface area contributed by atoms with Gasteiger partial charge in [0.15, 0.2) is 5.78 Å². The van der Waals surface area contributed by atoms with Crippen LogP contribution in [0.4, 0.5) is 4.39 Å². The number of benzene rings is 2. The molecule has 0 spiro atoms. The first-order chi connectivity index (χ1) is 13.5. The van der Waals surface area contributed by atoms with Crippen molar-refractivity contribution in [3.05, 3.63) is 71.8 Å². The summed E-state index contributed by atoms with van der Waals surface area (Å²) in [5, 5.41) is 0. The lowest BCUT2D eigenvalue weighted by Gasteiger charge is -2.43. The van der Waals surface area contributed by atoms with Crippen LogP contribution in [-0.2, 0) is 26.4 Å². The molecule has 4 rings (SSSR count). The molecule has 0 N–H and O–H groups in total. The Bertz CT molecular complexity index is 872. The van der Waals surface area contributed by atoms with E-state index in [1.165, 1.54) is 0 Å². The molecular formula is C23H24FNO3. The molecule has 2 bridgehead atoms. The summed E-state index contributed by atoms with van der Waals surface area (Å²) in [6, 6.07) is 18.3. The van der Waals surface area contributed by atoms with Crippen molar-refractivity contribution >= 4 is 11.8 Å². The first kappa shape index (κ1) is 18.8. The number of rotatable bonds is 5. The van der Waals surface area contributed by atoms with Crippen molar-refractivity contribution in [1.82, 2.24) is 4.90 Å². The van der Waals surface area contributed by atoms with Crippen molar-refractivity contribution in [2.24, 2.45) is 0 Å². The molecule has 5 heteroatoms. The summed E-state index contributed by atoms with van der Waals surface area (Å²) in [4.78, 5) is 27.8. The van der Waals surface area contributed by atoms with Gasteiger partial charge in [-0.2, -0.15) is 0 Å². The van der Waals surface area contributed by atoms with Crippen LogP contribution in [0.3, 0.4) is 0 Å². The van der Waals surface area contributed by atoms with Gasteiger partial charge in [0.05, 0.1) is 12.6 Å². The number of halogens is 1. The van der Waals surface area contributed by atoms with Crippen LogP contribution in [0.2, 0.25) is 0 Å². The average Bonchev–Trinajstić information content (AvgIpc) is 2.90. The molecule has 0 saturated carbocycles. The SMILES string of the molecule is CCOC(=O)[C@]1(F)C[C@@]2(c3ccccc3)C(=O)CC[C@@H]1N2Cc1ccccc1. The van der Waals surface area contributed by atoms with Crippen LogP contribution in [0.15, 0.2) is 60.7 Å². The van der Waals surface area contributed by atoms with E-state index in [9.17, 15) is 9.59 Å². The van der Waals surface area contributed by atoms with Gasteiger partial charge in [-0.25, -0.2) is 9.18 Å². The number of ketones is 1. The lowest BCUT2D eigenvalue weighted by Crippen LogP contribution is -2.55. The van der Waals surface area contributed by atoms with E-state index in [1.807, 2.05) is 65.6 Å². The highest BCUT2D eigenvalue weighted by Gasteiger charge is 2.69. The van der Waals surface area contributed by atoms with Gasteiger partial charge < -0.3 is 4.74 Å². The molecule has 0 radical (unpaired) electrons. The van der Waals surface area contributed by atoms with Crippen LogP contribution in [-0.4, -0.2) is 35.0 Å². The third-order valence-electron chi connectivity index (χ3n) is 6.08. The molecule has 0 aliphatic carbocycles. The average molecular weight is 381 g/mol. The molecule has 28 heavy (non-hydrogen) atoms. The number of piperidine rings is 1. The Morgan fingerprint density at radius 1 is 1.14 bits per heavy atom. The molecule has 2 aliphatic heterocycles. The minimum absolute atomic E-state index is 0.0327. The molecule has 146 valence electrons. The fourth-order valence-electron chi connectivity index (χ4n) is 4.85. The van der Waals surface area contributed by atoms with E-state index in [2.05, 4.69) is 0 Å². The van der Waals surface area contributed by atoms with E-state index in [-0.39, 0.29) is 25.2 Å². The third-order valence-corrected chi connectivity index (χ3v) is 6.08. The Kier molecular flexibility index (Phi) is 4.79. The zero-order chi connectivity index (χ0) is 19.8. The van der Waals surface area contributed by atoms with Crippen LogP contribution in [0.5, 0.6) is 0 Å². The monoisotopic (exact) mass is 381 g/mol. The topological polar surface area (TPSA) is 46.6 Å². The van der Waals surface area contributed by atoms with Gasteiger partial charge in [0.25, 0.3) is 0 Å². The highest BCUT2D eigenvalue weighted by atomic mass is 19.1.